The fraction of sp³-hybridized carbons (Fsp3) is 0.250. The zero-order valence-corrected chi connectivity index (χ0v) is 13.3. The Labute approximate surface area is 133 Å². The van der Waals surface area contributed by atoms with Crippen molar-refractivity contribution >= 4 is 28.8 Å². The Morgan fingerprint density at radius 2 is 2.00 bits per heavy atom. The average Bonchev–Trinajstić information content (AvgIpc) is 3.00. The van der Waals surface area contributed by atoms with Gasteiger partial charge in [-0.3, -0.25) is 9.59 Å². The normalized spacial score (nSPS) is 11.5. The maximum absolute atomic E-state index is 11.9. The molecule has 1 unspecified atom stereocenters. The summed E-state index contributed by atoms with van der Waals surface area (Å²) in [6.45, 7) is 3.24. The molecule has 0 fully saturated rings. The molecule has 0 aliphatic carbocycles. The Kier molecular flexibility index (Phi) is 5.55. The largest absolute Gasteiger partial charge is 0.482 e. The first-order chi connectivity index (χ1) is 10.6. The molecular formula is C16H18N2O3S. The van der Waals surface area contributed by atoms with E-state index in [1.165, 1.54) is 6.92 Å². The maximum atomic E-state index is 11.9. The minimum atomic E-state index is -0.210. The van der Waals surface area contributed by atoms with E-state index in [1.54, 1.807) is 35.6 Å². The van der Waals surface area contributed by atoms with E-state index in [2.05, 4.69) is 10.6 Å². The van der Waals surface area contributed by atoms with Crippen LogP contribution >= 0.6 is 11.3 Å². The zero-order valence-electron chi connectivity index (χ0n) is 12.5. The number of thiophene rings is 1. The van der Waals surface area contributed by atoms with Crippen molar-refractivity contribution in [3.05, 3.63) is 46.7 Å². The molecule has 2 N–H and O–H groups in total. The molecule has 0 radical (unpaired) electrons. The molecular weight excluding hydrogens is 300 g/mol. The van der Waals surface area contributed by atoms with Crippen molar-refractivity contribution in [2.45, 2.75) is 19.9 Å². The molecule has 2 amide bonds. The van der Waals surface area contributed by atoms with Gasteiger partial charge in [-0.25, -0.2) is 0 Å². The van der Waals surface area contributed by atoms with Crippen LogP contribution in [0, 0.1) is 0 Å². The summed E-state index contributed by atoms with van der Waals surface area (Å²) < 4.78 is 5.49. The SMILES string of the molecule is CC(=O)Nc1ccccc1OCC(=O)NC(C)c1cccs1. The van der Waals surface area contributed by atoms with Crippen LogP contribution in [0.3, 0.4) is 0 Å². The quantitative estimate of drug-likeness (QED) is 0.860. The Hall–Kier alpha value is -2.34. The van der Waals surface area contributed by atoms with Gasteiger partial charge in [-0.2, -0.15) is 0 Å². The summed E-state index contributed by atoms with van der Waals surface area (Å²) in [6, 6.07) is 10.9. The van der Waals surface area contributed by atoms with Crippen LogP contribution in [0.1, 0.15) is 24.8 Å². The molecule has 5 nitrogen and oxygen atoms in total. The van der Waals surface area contributed by atoms with E-state index in [-0.39, 0.29) is 24.5 Å². The van der Waals surface area contributed by atoms with E-state index in [1.807, 2.05) is 24.4 Å². The molecule has 1 aromatic carbocycles. The zero-order chi connectivity index (χ0) is 15.9. The number of nitrogens with one attached hydrogen (secondary N) is 2. The van der Waals surface area contributed by atoms with Crippen molar-refractivity contribution in [1.29, 1.82) is 0 Å². The number of para-hydroxylation sites is 2. The van der Waals surface area contributed by atoms with Crippen LogP contribution < -0.4 is 15.4 Å². The molecule has 1 aromatic heterocycles. The Balaban J connectivity index is 1.90. The van der Waals surface area contributed by atoms with Crippen LogP contribution in [0.5, 0.6) is 5.75 Å². The number of benzene rings is 1. The minimum absolute atomic E-state index is 0.0540. The summed E-state index contributed by atoms with van der Waals surface area (Å²) in [7, 11) is 0. The van der Waals surface area contributed by atoms with Crippen LogP contribution in [-0.4, -0.2) is 18.4 Å². The topological polar surface area (TPSA) is 67.4 Å². The molecule has 2 rings (SSSR count). The lowest BCUT2D eigenvalue weighted by Crippen LogP contribution is -2.31. The van der Waals surface area contributed by atoms with Gasteiger partial charge in [0, 0.05) is 11.8 Å². The second-order valence-electron chi connectivity index (χ2n) is 4.77. The third kappa shape index (κ3) is 4.60. The first kappa shape index (κ1) is 16.0. The van der Waals surface area contributed by atoms with Gasteiger partial charge >= 0.3 is 0 Å². The van der Waals surface area contributed by atoms with Crippen LogP contribution in [-0.2, 0) is 9.59 Å². The van der Waals surface area contributed by atoms with Crippen LogP contribution in [0.4, 0.5) is 5.69 Å². The van der Waals surface area contributed by atoms with E-state index in [4.69, 9.17) is 4.74 Å². The van der Waals surface area contributed by atoms with Gasteiger partial charge in [-0.1, -0.05) is 18.2 Å². The fourth-order valence-electron chi connectivity index (χ4n) is 1.92. The molecule has 22 heavy (non-hydrogen) atoms. The van der Waals surface area contributed by atoms with Crippen molar-refractivity contribution in [3.8, 4) is 5.75 Å². The van der Waals surface area contributed by atoms with Gasteiger partial charge in [-0.15, -0.1) is 11.3 Å². The molecule has 0 spiro atoms. The number of carbonyl (C=O) groups excluding carboxylic acids is 2. The Bertz CT molecular complexity index is 641. The van der Waals surface area contributed by atoms with Gasteiger partial charge in [0.15, 0.2) is 6.61 Å². The molecule has 1 heterocycles. The Morgan fingerprint density at radius 1 is 1.23 bits per heavy atom. The number of hydrogen-bond acceptors (Lipinski definition) is 4. The van der Waals surface area contributed by atoms with Crippen LogP contribution in [0.2, 0.25) is 0 Å². The summed E-state index contributed by atoms with van der Waals surface area (Å²) in [5, 5.41) is 7.51. The predicted octanol–water partition coefficient (Wildman–Crippen LogP) is 2.96. The molecule has 0 aliphatic rings. The van der Waals surface area contributed by atoms with Gasteiger partial charge < -0.3 is 15.4 Å². The van der Waals surface area contributed by atoms with Crippen molar-refractivity contribution < 1.29 is 14.3 Å². The highest BCUT2D eigenvalue weighted by atomic mass is 32.1. The van der Waals surface area contributed by atoms with Gasteiger partial charge in [0.05, 0.1) is 11.7 Å². The first-order valence-corrected chi connectivity index (χ1v) is 7.76. The summed E-state index contributed by atoms with van der Waals surface area (Å²) >= 11 is 1.59. The van der Waals surface area contributed by atoms with E-state index >= 15 is 0 Å². The molecule has 2 aromatic rings. The van der Waals surface area contributed by atoms with E-state index < -0.39 is 0 Å². The number of rotatable bonds is 6. The number of hydrogen-bond donors (Lipinski definition) is 2. The molecule has 0 aliphatic heterocycles. The molecule has 0 bridgehead atoms. The monoisotopic (exact) mass is 318 g/mol. The summed E-state index contributed by atoms with van der Waals surface area (Å²) in [5.74, 6) is 0.0713. The van der Waals surface area contributed by atoms with Crippen LogP contribution in [0.25, 0.3) is 0 Å². The number of anilines is 1. The van der Waals surface area contributed by atoms with Gasteiger partial charge in [0.1, 0.15) is 5.75 Å². The lowest BCUT2D eigenvalue weighted by atomic mass is 10.2. The smallest absolute Gasteiger partial charge is 0.258 e. The molecule has 116 valence electrons. The second-order valence-corrected chi connectivity index (χ2v) is 5.75. The third-order valence-electron chi connectivity index (χ3n) is 2.90. The van der Waals surface area contributed by atoms with Gasteiger partial charge in [0.25, 0.3) is 5.91 Å². The lowest BCUT2D eigenvalue weighted by molar-refractivity contribution is -0.123. The third-order valence-corrected chi connectivity index (χ3v) is 3.96. The van der Waals surface area contributed by atoms with Crippen molar-refractivity contribution in [2.75, 3.05) is 11.9 Å². The van der Waals surface area contributed by atoms with E-state index in [9.17, 15) is 9.59 Å². The number of carbonyl (C=O) groups is 2. The summed E-state index contributed by atoms with van der Waals surface area (Å²) in [5.41, 5.74) is 0.550. The molecule has 0 saturated heterocycles. The highest BCUT2D eigenvalue weighted by Crippen LogP contribution is 2.23. The second kappa shape index (κ2) is 7.61. The lowest BCUT2D eigenvalue weighted by Gasteiger charge is -2.14. The highest BCUT2D eigenvalue weighted by molar-refractivity contribution is 7.10. The van der Waals surface area contributed by atoms with E-state index in [0.717, 1.165) is 4.88 Å². The van der Waals surface area contributed by atoms with Crippen molar-refractivity contribution in [1.82, 2.24) is 5.32 Å². The maximum Gasteiger partial charge on any atom is 0.258 e. The van der Waals surface area contributed by atoms with Crippen molar-refractivity contribution in [2.24, 2.45) is 0 Å². The summed E-state index contributed by atoms with van der Waals surface area (Å²) in [6.07, 6.45) is 0. The fourth-order valence-corrected chi connectivity index (χ4v) is 2.66. The first-order valence-electron chi connectivity index (χ1n) is 6.88. The molecule has 1 atom stereocenters. The number of ether oxygens (including phenoxy) is 1. The summed E-state index contributed by atoms with van der Waals surface area (Å²) in [4.78, 5) is 24.2. The average molecular weight is 318 g/mol. The minimum Gasteiger partial charge on any atom is -0.482 e. The van der Waals surface area contributed by atoms with Crippen molar-refractivity contribution in [3.63, 3.8) is 0 Å². The van der Waals surface area contributed by atoms with Gasteiger partial charge in [0.2, 0.25) is 5.91 Å². The highest BCUT2D eigenvalue weighted by Gasteiger charge is 2.12. The standard InChI is InChI=1S/C16H18N2O3S/c1-11(15-8-5-9-22-15)17-16(20)10-21-14-7-4-3-6-13(14)18-12(2)19/h3-9,11H,10H2,1-2H3,(H,17,20)(H,18,19). The van der Waals surface area contributed by atoms with Gasteiger partial charge in [-0.05, 0) is 30.5 Å². The molecule has 0 saturated carbocycles. The van der Waals surface area contributed by atoms with Crippen LogP contribution in [0.15, 0.2) is 41.8 Å². The molecule has 6 heteroatoms. The number of amides is 2. The predicted molar refractivity (Wildman–Crippen MR) is 87.1 cm³/mol. The Morgan fingerprint density at radius 3 is 2.68 bits per heavy atom. The van der Waals surface area contributed by atoms with E-state index in [0.29, 0.717) is 11.4 Å².